The molecule has 19 heavy (non-hydrogen) atoms. The molecule has 0 aliphatic carbocycles. The summed E-state index contributed by atoms with van der Waals surface area (Å²) >= 11 is 3.01. The Balaban J connectivity index is 2.23. The molecule has 1 fully saturated rings. The summed E-state index contributed by atoms with van der Waals surface area (Å²) in [4.78, 5) is 12.9. The molecule has 8 heteroatoms. The fraction of sp³-hybridized carbons (Fsp3) is 0.364. The van der Waals surface area contributed by atoms with Gasteiger partial charge in [0.2, 0.25) is 5.91 Å². The van der Waals surface area contributed by atoms with E-state index in [4.69, 9.17) is 0 Å². The Morgan fingerprint density at radius 1 is 1.42 bits per heavy atom. The molecule has 1 atom stereocenters. The van der Waals surface area contributed by atoms with Crippen LogP contribution in [0.4, 0.5) is 14.0 Å². The minimum atomic E-state index is -4.64. The molecule has 0 saturated carbocycles. The van der Waals surface area contributed by atoms with Crippen LogP contribution < -0.4 is 4.90 Å². The number of hydrogen-bond acceptors (Lipinski definition) is 3. The zero-order valence-corrected chi connectivity index (χ0v) is 12.0. The fourth-order valence-electron chi connectivity index (χ4n) is 2.11. The number of nitrogens with zero attached hydrogens (tertiary/aromatic N) is 1. The fourth-order valence-corrected chi connectivity index (χ4v) is 3.25. The summed E-state index contributed by atoms with van der Waals surface area (Å²) in [5.41, 5.74) is 0.0677. The molecule has 0 N–H and O–H groups in total. The first kappa shape index (κ1) is 14.4. The molecular formula is C11H10BrF2NO3S. The lowest BCUT2D eigenvalue weighted by atomic mass is 10.1. The lowest BCUT2D eigenvalue weighted by Gasteiger charge is -2.17. The first-order chi connectivity index (χ1) is 8.78. The second-order valence-corrected chi connectivity index (χ2v) is 6.62. The maximum atomic E-state index is 13.9. The SMILES string of the molecule is O=C1CC(CS(=O)(=O)F)CN1c1cccc(Br)c1F. The van der Waals surface area contributed by atoms with Crippen LogP contribution >= 0.6 is 15.9 Å². The number of halogens is 3. The summed E-state index contributed by atoms with van der Waals surface area (Å²) in [6, 6.07) is 4.47. The molecule has 4 nitrogen and oxygen atoms in total. The highest BCUT2D eigenvalue weighted by Crippen LogP contribution is 2.31. The Morgan fingerprint density at radius 2 is 2.11 bits per heavy atom. The molecule has 1 aliphatic rings. The van der Waals surface area contributed by atoms with Crippen LogP contribution in [0, 0.1) is 11.7 Å². The smallest absolute Gasteiger partial charge is 0.302 e. The van der Waals surface area contributed by atoms with Crippen LogP contribution in [0.15, 0.2) is 22.7 Å². The highest BCUT2D eigenvalue weighted by Gasteiger charge is 2.34. The van der Waals surface area contributed by atoms with Gasteiger partial charge in [-0.2, -0.15) is 8.42 Å². The van der Waals surface area contributed by atoms with Gasteiger partial charge in [-0.25, -0.2) is 4.39 Å². The van der Waals surface area contributed by atoms with E-state index in [9.17, 15) is 21.5 Å². The number of hydrogen-bond donors (Lipinski definition) is 0. The highest BCUT2D eigenvalue weighted by molar-refractivity contribution is 9.10. The summed E-state index contributed by atoms with van der Waals surface area (Å²) in [6.07, 6.45) is -0.102. The molecule has 1 amide bonds. The van der Waals surface area contributed by atoms with Crippen LogP contribution in [0.3, 0.4) is 0 Å². The number of rotatable bonds is 3. The molecule has 104 valence electrons. The zero-order valence-electron chi connectivity index (χ0n) is 9.64. The van der Waals surface area contributed by atoms with Crippen LogP contribution in [0.5, 0.6) is 0 Å². The molecular weight excluding hydrogens is 344 g/mol. The van der Waals surface area contributed by atoms with Gasteiger partial charge >= 0.3 is 10.2 Å². The van der Waals surface area contributed by atoms with Crippen molar-refractivity contribution < 1.29 is 21.5 Å². The van der Waals surface area contributed by atoms with E-state index >= 15 is 0 Å². The van der Waals surface area contributed by atoms with Crippen molar-refractivity contribution in [3.05, 3.63) is 28.5 Å². The van der Waals surface area contributed by atoms with Crippen LogP contribution in [0.25, 0.3) is 0 Å². The lowest BCUT2D eigenvalue weighted by molar-refractivity contribution is -0.117. The van der Waals surface area contributed by atoms with Crippen LogP contribution in [-0.4, -0.2) is 26.6 Å². The Labute approximate surface area is 117 Å². The number of benzene rings is 1. The molecule has 1 heterocycles. The second kappa shape index (κ2) is 5.16. The molecule has 0 aromatic heterocycles. The van der Waals surface area contributed by atoms with E-state index in [1.165, 1.54) is 12.1 Å². The Bertz CT molecular complexity index is 620. The van der Waals surface area contributed by atoms with Crippen molar-refractivity contribution in [3.63, 3.8) is 0 Å². The number of carbonyl (C=O) groups excluding carboxylic acids is 1. The van der Waals surface area contributed by atoms with Gasteiger partial charge in [0.05, 0.1) is 15.9 Å². The van der Waals surface area contributed by atoms with Crippen LogP contribution in [-0.2, 0) is 15.0 Å². The van der Waals surface area contributed by atoms with Gasteiger partial charge in [-0.3, -0.25) is 4.79 Å². The van der Waals surface area contributed by atoms with E-state index in [-0.39, 0.29) is 23.1 Å². The molecule has 1 aromatic rings. The Hall–Kier alpha value is -1.02. The van der Waals surface area contributed by atoms with Crippen molar-refractivity contribution in [2.24, 2.45) is 5.92 Å². The highest BCUT2D eigenvalue weighted by atomic mass is 79.9. The maximum Gasteiger partial charge on any atom is 0.302 e. The quantitative estimate of drug-likeness (QED) is 0.783. The van der Waals surface area contributed by atoms with Crippen molar-refractivity contribution in [1.29, 1.82) is 0 Å². The topological polar surface area (TPSA) is 54.5 Å². The minimum Gasteiger partial charge on any atom is -0.309 e. The summed E-state index contributed by atoms with van der Waals surface area (Å²) in [5.74, 6) is -2.38. The average molecular weight is 354 g/mol. The summed E-state index contributed by atoms with van der Waals surface area (Å²) < 4.78 is 47.8. The number of carbonyl (C=O) groups is 1. The van der Waals surface area contributed by atoms with Crippen molar-refractivity contribution >= 4 is 37.7 Å². The van der Waals surface area contributed by atoms with Crippen molar-refractivity contribution in [2.75, 3.05) is 17.2 Å². The summed E-state index contributed by atoms with van der Waals surface area (Å²) in [7, 11) is -4.64. The standard InChI is InChI=1S/C11H10BrF2NO3S/c12-8-2-1-3-9(11(8)13)15-5-7(4-10(15)16)6-19(14,17)18/h1-3,7H,4-6H2. The maximum absolute atomic E-state index is 13.9. The van der Waals surface area contributed by atoms with E-state index in [1.807, 2.05) is 0 Å². The van der Waals surface area contributed by atoms with E-state index < -0.39 is 33.6 Å². The molecule has 1 saturated heterocycles. The average Bonchev–Trinajstić information content (AvgIpc) is 2.61. The molecule has 0 radical (unpaired) electrons. The van der Waals surface area contributed by atoms with Gasteiger partial charge in [-0.1, -0.05) is 6.07 Å². The van der Waals surface area contributed by atoms with Gasteiger partial charge in [0.25, 0.3) is 0 Å². The predicted molar refractivity (Wildman–Crippen MR) is 69.5 cm³/mol. The molecule has 1 aliphatic heterocycles. The van der Waals surface area contributed by atoms with E-state index in [0.717, 1.165) is 4.90 Å². The van der Waals surface area contributed by atoms with E-state index in [0.29, 0.717) is 0 Å². The number of amides is 1. The molecule has 1 aromatic carbocycles. The summed E-state index contributed by atoms with van der Waals surface area (Å²) in [6.45, 7) is -0.00461. The predicted octanol–water partition coefficient (Wildman–Crippen LogP) is 2.24. The Morgan fingerprint density at radius 3 is 2.74 bits per heavy atom. The normalized spacial score (nSPS) is 20.1. The van der Waals surface area contributed by atoms with Gasteiger partial charge in [0.15, 0.2) is 5.82 Å². The van der Waals surface area contributed by atoms with Gasteiger partial charge in [0.1, 0.15) is 0 Å². The van der Waals surface area contributed by atoms with Crippen molar-refractivity contribution in [3.8, 4) is 0 Å². The third kappa shape index (κ3) is 3.30. The number of anilines is 1. The first-order valence-electron chi connectivity index (χ1n) is 5.44. The van der Waals surface area contributed by atoms with Gasteiger partial charge < -0.3 is 4.90 Å². The van der Waals surface area contributed by atoms with E-state index in [1.54, 1.807) is 6.07 Å². The van der Waals surface area contributed by atoms with E-state index in [2.05, 4.69) is 15.9 Å². The van der Waals surface area contributed by atoms with Gasteiger partial charge in [-0.05, 0) is 28.1 Å². The molecule has 0 bridgehead atoms. The summed E-state index contributed by atoms with van der Waals surface area (Å²) in [5, 5.41) is 0. The van der Waals surface area contributed by atoms with Crippen LogP contribution in [0.1, 0.15) is 6.42 Å². The minimum absolute atomic E-state index is 0.00461. The van der Waals surface area contributed by atoms with Crippen LogP contribution in [0.2, 0.25) is 0 Å². The third-order valence-electron chi connectivity index (χ3n) is 2.86. The second-order valence-electron chi connectivity index (χ2n) is 4.35. The monoisotopic (exact) mass is 353 g/mol. The Kier molecular flexibility index (Phi) is 3.91. The first-order valence-corrected chi connectivity index (χ1v) is 7.79. The molecule has 2 rings (SSSR count). The largest absolute Gasteiger partial charge is 0.309 e. The van der Waals surface area contributed by atoms with Gasteiger partial charge in [-0.15, -0.1) is 3.89 Å². The third-order valence-corrected chi connectivity index (χ3v) is 4.34. The molecule has 1 unspecified atom stereocenters. The van der Waals surface area contributed by atoms with Crippen molar-refractivity contribution in [1.82, 2.24) is 0 Å². The lowest BCUT2D eigenvalue weighted by Crippen LogP contribution is -2.26. The zero-order chi connectivity index (χ0) is 14.2. The molecule has 0 spiro atoms. The van der Waals surface area contributed by atoms with Gasteiger partial charge in [0, 0.05) is 18.9 Å². The van der Waals surface area contributed by atoms with Crippen molar-refractivity contribution in [2.45, 2.75) is 6.42 Å².